The Bertz CT molecular complexity index is 1000. The quantitative estimate of drug-likeness (QED) is 0.540. The summed E-state index contributed by atoms with van der Waals surface area (Å²) in [7, 11) is 0. The van der Waals surface area contributed by atoms with E-state index in [4.69, 9.17) is 0 Å². The lowest BCUT2D eigenvalue weighted by Crippen LogP contribution is -2.52. The van der Waals surface area contributed by atoms with Crippen LogP contribution in [0.4, 0.5) is 4.39 Å². The number of hydrogen-bond donors (Lipinski definition) is 1. The Kier molecular flexibility index (Phi) is 8.14. The minimum atomic E-state index is -0.673. The summed E-state index contributed by atoms with van der Waals surface area (Å²) in [6.07, 6.45) is 0.495. The highest BCUT2D eigenvalue weighted by atomic mass is 19.1. The van der Waals surface area contributed by atoms with Crippen LogP contribution in [0.2, 0.25) is 0 Å². The molecule has 0 saturated carbocycles. The number of amides is 2. The second-order valence-corrected chi connectivity index (χ2v) is 8.18. The molecule has 0 unspecified atom stereocenters. The first-order valence-electron chi connectivity index (χ1n) is 10.8. The molecular weight excluding hydrogens is 403 g/mol. The average molecular weight is 433 g/mol. The molecule has 5 heteroatoms. The van der Waals surface area contributed by atoms with Gasteiger partial charge in [-0.1, -0.05) is 72.8 Å². The van der Waals surface area contributed by atoms with E-state index in [1.807, 2.05) is 74.5 Å². The van der Waals surface area contributed by atoms with Crippen LogP contribution in [0.3, 0.4) is 0 Å². The smallest absolute Gasteiger partial charge is 0.243 e. The fraction of sp³-hybridized carbons (Fsp3) is 0.259. The topological polar surface area (TPSA) is 49.4 Å². The average Bonchev–Trinajstić information content (AvgIpc) is 2.78. The van der Waals surface area contributed by atoms with Crippen molar-refractivity contribution < 1.29 is 14.0 Å². The Morgan fingerprint density at radius 2 is 1.38 bits per heavy atom. The molecule has 0 aliphatic heterocycles. The Balaban J connectivity index is 1.93. The van der Waals surface area contributed by atoms with Gasteiger partial charge in [0.25, 0.3) is 0 Å². The maximum Gasteiger partial charge on any atom is 0.243 e. The number of carbonyl (C=O) groups is 2. The molecule has 166 valence electrons. The van der Waals surface area contributed by atoms with Crippen LogP contribution >= 0.6 is 0 Å². The van der Waals surface area contributed by atoms with Crippen molar-refractivity contribution in [2.75, 3.05) is 0 Å². The molecule has 0 spiro atoms. The van der Waals surface area contributed by atoms with Crippen molar-refractivity contribution in [3.05, 3.63) is 107 Å². The minimum Gasteiger partial charge on any atom is -0.352 e. The van der Waals surface area contributed by atoms with E-state index < -0.39 is 6.04 Å². The van der Waals surface area contributed by atoms with Crippen LogP contribution in [0.5, 0.6) is 0 Å². The lowest BCUT2D eigenvalue weighted by molar-refractivity contribution is -0.141. The van der Waals surface area contributed by atoms with E-state index >= 15 is 0 Å². The molecule has 0 aromatic heterocycles. The van der Waals surface area contributed by atoms with Crippen LogP contribution in [0.1, 0.15) is 30.5 Å². The lowest BCUT2D eigenvalue weighted by Gasteiger charge is -2.32. The molecule has 0 fully saturated rings. The summed E-state index contributed by atoms with van der Waals surface area (Å²) in [5, 5.41) is 2.97. The zero-order chi connectivity index (χ0) is 22.9. The molecule has 0 heterocycles. The van der Waals surface area contributed by atoms with Gasteiger partial charge < -0.3 is 10.2 Å². The third kappa shape index (κ3) is 6.77. The summed E-state index contributed by atoms with van der Waals surface area (Å²) in [5.41, 5.74) is 2.62. The van der Waals surface area contributed by atoms with Crippen LogP contribution in [-0.2, 0) is 29.0 Å². The molecule has 3 aromatic carbocycles. The third-order valence-corrected chi connectivity index (χ3v) is 5.17. The minimum absolute atomic E-state index is 0.0495. The molecule has 0 aliphatic carbocycles. The van der Waals surface area contributed by atoms with Crippen molar-refractivity contribution in [3.8, 4) is 0 Å². The Hall–Kier alpha value is -3.47. The van der Waals surface area contributed by atoms with E-state index in [-0.39, 0.29) is 30.1 Å². The summed E-state index contributed by atoms with van der Waals surface area (Å²) in [6.45, 7) is 4.11. The number of nitrogens with zero attached hydrogens (tertiary/aromatic N) is 1. The van der Waals surface area contributed by atoms with Crippen LogP contribution in [0, 0.1) is 5.82 Å². The van der Waals surface area contributed by atoms with Crippen LogP contribution < -0.4 is 5.32 Å². The van der Waals surface area contributed by atoms with Crippen molar-refractivity contribution >= 4 is 11.8 Å². The highest BCUT2D eigenvalue weighted by Gasteiger charge is 2.30. The molecule has 1 N–H and O–H groups in total. The van der Waals surface area contributed by atoms with Crippen molar-refractivity contribution in [3.63, 3.8) is 0 Å². The second kappa shape index (κ2) is 11.2. The van der Waals surface area contributed by atoms with Gasteiger partial charge in [0.2, 0.25) is 11.8 Å². The maximum absolute atomic E-state index is 13.5. The number of carbonyl (C=O) groups excluding carboxylic acids is 2. The third-order valence-electron chi connectivity index (χ3n) is 5.17. The van der Waals surface area contributed by atoms with Crippen LogP contribution in [0.15, 0.2) is 84.9 Å². The fourth-order valence-electron chi connectivity index (χ4n) is 3.59. The standard InChI is InChI=1S/C27H29FN2O2/c1-20(2)29-27(32)25(17-21-9-5-3-6-10-21)30(19-23-11-7-4-8-12-23)26(31)18-22-13-15-24(28)16-14-22/h3-16,20,25H,17-19H2,1-2H3,(H,29,32)/t25-/m1/s1. The first-order chi connectivity index (χ1) is 15.4. The Morgan fingerprint density at radius 1 is 0.812 bits per heavy atom. The highest BCUT2D eigenvalue weighted by molar-refractivity contribution is 5.89. The van der Waals surface area contributed by atoms with Crippen molar-refractivity contribution in [2.45, 2.75) is 45.3 Å². The number of nitrogens with one attached hydrogen (secondary N) is 1. The first kappa shape index (κ1) is 23.2. The van der Waals surface area contributed by atoms with Crippen molar-refractivity contribution in [2.24, 2.45) is 0 Å². The van der Waals surface area contributed by atoms with Gasteiger partial charge in [0, 0.05) is 19.0 Å². The van der Waals surface area contributed by atoms with Crippen molar-refractivity contribution in [1.29, 1.82) is 0 Å². The second-order valence-electron chi connectivity index (χ2n) is 8.18. The van der Waals surface area contributed by atoms with Gasteiger partial charge in [0.15, 0.2) is 0 Å². The van der Waals surface area contributed by atoms with Gasteiger partial charge in [0.05, 0.1) is 6.42 Å². The summed E-state index contributed by atoms with van der Waals surface area (Å²) >= 11 is 0. The number of halogens is 1. The van der Waals surface area contributed by atoms with E-state index in [1.165, 1.54) is 12.1 Å². The predicted molar refractivity (Wildman–Crippen MR) is 124 cm³/mol. The van der Waals surface area contributed by atoms with Gasteiger partial charge in [-0.3, -0.25) is 9.59 Å². The normalized spacial score (nSPS) is 11.8. The number of rotatable bonds is 9. The van der Waals surface area contributed by atoms with E-state index in [0.29, 0.717) is 18.5 Å². The van der Waals surface area contributed by atoms with E-state index in [1.54, 1.807) is 17.0 Å². The SMILES string of the molecule is CC(C)NC(=O)[C@@H](Cc1ccccc1)N(Cc1ccccc1)C(=O)Cc1ccc(F)cc1. The van der Waals surface area contributed by atoms with Gasteiger partial charge in [0.1, 0.15) is 11.9 Å². The monoisotopic (exact) mass is 432 g/mol. The van der Waals surface area contributed by atoms with Crippen LogP contribution in [-0.4, -0.2) is 28.8 Å². The largest absolute Gasteiger partial charge is 0.352 e. The predicted octanol–water partition coefficient (Wildman–Crippen LogP) is 4.53. The zero-order valence-electron chi connectivity index (χ0n) is 18.5. The molecule has 0 radical (unpaired) electrons. The summed E-state index contributed by atoms with van der Waals surface area (Å²) in [5.74, 6) is -0.715. The molecule has 1 atom stereocenters. The van der Waals surface area contributed by atoms with E-state index in [2.05, 4.69) is 5.32 Å². The Morgan fingerprint density at radius 3 is 1.94 bits per heavy atom. The van der Waals surface area contributed by atoms with E-state index in [9.17, 15) is 14.0 Å². The maximum atomic E-state index is 13.5. The number of hydrogen-bond acceptors (Lipinski definition) is 2. The molecule has 2 amide bonds. The molecule has 0 aliphatic rings. The molecule has 32 heavy (non-hydrogen) atoms. The molecular formula is C27H29FN2O2. The van der Waals surface area contributed by atoms with Crippen LogP contribution in [0.25, 0.3) is 0 Å². The molecule has 0 saturated heterocycles. The summed E-state index contributed by atoms with van der Waals surface area (Å²) < 4.78 is 13.3. The molecule has 3 aromatic rings. The van der Waals surface area contributed by atoms with Gasteiger partial charge in [-0.05, 0) is 42.7 Å². The zero-order valence-corrected chi connectivity index (χ0v) is 18.5. The Labute approximate surface area is 189 Å². The van der Waals surface area contributed by atoms with E-state index in [0.717, 1.165) is 11.1 Å². The first-order valence-corrected chi connectivity index (χ1v) is 10.8. The van der Waals surface area contributed by atoms with Gasteiger partial charge in [-0.2, -0.15) is 0 Å². The molecule has 0 bridgehead atoms. The molecule has 4 nitrogen and oxygen atoms in total. The highest BCUT2D eigenvalue weighted by Crippen LogP contribution is 2.17. The fourth-order valence-corrected chi connectivity index (χ4v) is 3.59. The number of benzene rings is 3. The van der Waals surface area contributed by atoms with Gasteiger partial charge >= 0.3 is 0 Å². The summed E-state index contributed by atoms with van der Waals surface area (Å²) in [4.78, 5) is 28.4. The van der Waals surface area contributed by atoms with Gasteiger partial charge in [-0.25, -0.2) is 4.39 Å². The summed E-state index contributed by atoms with van der Waals surface area (Å²) in [6, 6.07) is 24.5. The van der Waals surface area contributed by atoms with Crippen molar-refractivity contribution in [1.82, 2.24) is 10.2 Å². The lowest BCUT2D eigenvalue weighted by atomic mass is 10.0. The molecule has 3 rings (SSSR count). The van der Waals surface area contributed by atoms with Gasteiger partial charge in [-0.15, -0.1) is 0 Å².